The van der Waals surface area contributed by atoms with Crippen LogP contribution < -0.4 is 10.6 Å². The third kappa shape index (κ3) is 5.72. The molecule has 206 valence electrons. The lowest BCUT2D eigenvalue weighted by molar-refractivity contribution is 0.102. The van der Waals surface area contributed by atoms with Crippen LogP contribution in [0.15, 0.2) is 36.5 Å². The predicted molar refractivity (Wildman–Crippen MR) is 157 cm³/mol. The van der Waals surface area contributed by atoms with Crippen molar-refractivity contribution < 1.29 is 4.79 Å². The molecular weight excluding hydrogens is 486 g/mol. The zero-order valence-electron chi connectivity index (χ0n) is 23.3. The van der Waals surface area contributed by atoms with Gasteiger partial charge in [0.2, 0.25) is 0 Å². The first-order chi connectivity index (χ1) is 19.0. The molecule has 0 radical (unpaired) electrons. The molecule has 1 amide bonds. The Bertz CT molecular complexity index is 1450. The van der Waals surface area contributed by atoms with Gasteiger partial charge in [-0.25, -0.2) is 4.98 Å². The molecule has 0 saturated carbocycles. The van der Waals surface area contributed by atoms with Crippen molar-refractivity contribution in [2.75, 3.05) is 32.0 Å². The molecule has 2 aliphatic heterocycles. The van der Waals surface area contributed by atoms with Crippen LogP contribution in [0.3, 0.4) is 0 Å². The Morgan fingerprint density at radius 1 is 1.10 bits per heavy atom. The highest BCUT2D eigenvalue weighted by molar-refractivity contribution is 6.06. The zero-order chi connectivity index (χ0) is 26.8. The summed E-state index contributed by atoms with van der Waals surface area (Å²) in [5, 5.41) is 13.4. The topological polar surface area (TPSA) is 90.9 Å². The Balaban J connectivity index is 1.10. The number of likely N-dealkylation sites (tertiary alicyclic amines) is 1. The highest BCUT2D eigenvalue weighted by Crippen LogP contribution is 2.32. The number of rotatable bonds is 9. The maximum Gasteiger partial charge on any atom is 0.256 e. The number of hydrogen-bond acceptors (Lipinski definition) is 5. The molecule has 1 aromatic carbocycles. The van der Waals surface area contributed by atoms with E-state index < -0.39 is 0 Å². The Kier molecular flexibility index (Phi) is 7.66. The number of piperidine rings is 1. The molecule has 0 bridgehead atoms. The number of amides is 1. The standard InChI is InChI=1S/C31H41N7O/c1-21-25-10-9-23(18-29(25)38(36-21)16-5-3-4-7-22-11-13-32-14-12-22)31(39)35-30-19-26-24(20-33-30)17-27(34-26)28-8-6-15-37(28)2/h9-10,17-20,22,28,32,34H,3-8,11-16H2,1-2H3,(H,33,35,39)/t28-/m1/s1. The van der Waals surface area contributed by atoms with Crippen LogP contribution in [0, 0.1) is 12.8 Å². The number of pyridine rings is 1. The number of carbonyl (C=O) groups excluding carboxylic acids is 1. The number of unbranched alkanes of at least 4 members (excludes halogenated alkanes) is 2. The Morgan fingerprint density at radius 2 is 1.97 bits per heavy atom. The number of carbonyl (C=O) groups is 1. The minimum absolute atomic E-state index is 0.154. The fourth-order valence-corrected chi connectivity index (χ4v) is 6.48. The third-order valence-corrected chi connectivity index (χ3v) is 8.79. The van der Waals surface area contributed by atoms with E-state index in [4.69, 9.17) is 5.10 Å². The lowest BCUT2D eigenvalue weighted by Crippen LogP contribution is -2.27. The summed E-state index contributed by atoms with van der Waals surface area (Å²) >= 11 is 0. The second kappa shape index (κ2) is 11.5. The quantitative estimate of drug-likeness (QED) is 0.239. The summed E-state index contributed by atoms with van der Waals surface area (Å²) in [5.41, 5.74) is 4.87. The van der Waals surface area contributed by atoms with E-state index in [-0.39, 0.29) is 5.91 Å². The molecule has 3 N–H and O–H groups in total. The number of nitrogens with one attached hydrogen (secondary N) is 3. The van der Waals surface area contributed by atoms with Crippen molar-refractivity contribution in [1.82, 2.24) is 30.0 Å². The van der Waals surface area contributed by atoms with Crippen LogP contribution in [0.4, 0.5) is 5.82 Å². The van der Waals surface area contributed by atoms with Crippen molar-refractivity contribution in [2.24, 2.45) is 5.92 Å². The highest BCUT2D eigenvalue weighted by Gasteiger charge is 2.24. The number of hydrogen-bond donors (Lipinski definition) is 3. The molecule has 39 heavy (non-hydrogen) atoms. The summed E-state index contributed by atoms with van der Waals surface area (Å²) in [7, 11) is 2.17. The van der Waals surface area contributed by atoms with Crippen molar-refractivity contribution in [1.29, 1.82) is 0 Å². The summed E-state index contributed by atoms with van der Waals surface area (Å²) < 4.78 is 2.08. The molecule has 3 aromatic heterocycles. The van der Waals surface area contributed by atoms with Crippen molar-refractivity contribution >= 4 is 33.5 Å². The third-order valence-electron chi connectivity index (χ3n) is 8.79. The smallest absolute Gasteiger partial charge is 0.256 e. The van der Waals surface area contributed by atoms with Crippen LogP contribution in [0.25, 0.3) is 21.8 Å². The average Bonchev–Trinajstić information content (AvgIpc) is 3.65. The van der Waals surface area contributed by atoms with Crippen molar-refractivity contribution in [3.05, 3.63) is 53.5 Å². The van der Waals surface area contributed by atoms with Gasteiger partial charge in [-0.15, -0.1) is 0 Å². The normalized spacial score (nSPS) is 18.9. The molecule has 2 fully saturated rings. The zero-order valence-corrected chi connectivity index (χ0v) is 23.3. The van der Waals surface area contributed by atoms with Gasteiger partial charge in [-0.3, -0.25) is 14.4 Å². The minimum Gasteiger partial charge on any atom is -0.357 e. The molecule has 8 nitrogen and oxygen atoms in total. The summed E-state index contributed by atoms with van der Waals surface area (Å²) in [6.07, 6.45) is 11.8. The van der Waals surface area contributed by atoms with Gasteiger partial charge in [-0.2, -0.15) is 5.10 Å². The Hall–Kier alpha value is -3.23. The molecule has 0 unspecified atom stereocenters. The van der Waals surface area contributed by atoms with Crippen LogP contribution in [0.5, 0.6) is 0 Å². The van der Waals surface area contributed by atoms with Crippen LogP contribution in [0.1, 0.15) is 79.2 Å². The van der Waals surface area contributed by atoms with E-state index in [0.29, 0.717) is 17.4 Å². The van der Waals surface area contributed by atoms with E-state index in [1.807, 2.05) is 37.4 Å². The van der Waals surface area contributed by atoms with Gasteiger partial charge in [0, 0.05) is 46.9 Å². The van der Waals surface area contributed by atoms with E-state index in [0.717, 1.165) is 59.3 Å². The van der Waals surface area contributed by atoms with Gasteiger partial charge in [-0.05, 0) is 89.8 Å². The number of fused-ring (bicyclic) bond motifs is 2. The van der Waals surface area contributed by atoms with Crippen molar-refractivity contribution in [2.45, 2.75) is 70.9 Å². The van der Waals surface area contributed by atoms with E-state index in [9.17, 15) is 4.79 Å². The molecule has 5 heterocycles. The van der Waals surface area contributed by atoms with Crippen LogP contribution in [-0.4, -0.2) is 57.2 Å². The van der Waals surface area contributed by atoms with Crippen LogP contribution >= 0.6 is 0 Å². The van der Waals surface area contributed by atoms with Crippen molar-refractivity contribution in [3.63, 3.8) is 0 Å². The van der Waals surface area contributed by atoms with Gasteiger partial charge in [0.05, 0.1) is 16.7 Å². The Labute approximate surface area is 230 Å². The van der Waals surface area contributed by atoms with Gasteiger partial charge in [-0.1, -0.05) is 25.3 Å². The molecular formula is C31H41N7O. The van der Waals surface area contributed by atoms with E-state index in [2.05, 4.69) is 43.3 Å². The second-order valence-electron chi connectivity index (χ2n) is 11.6. The van der Waals surface area contributed by atoms with Crippen LogP contribution in [-0.2, 0) is 6.54 Å². The number of aromatic nitrogens is 4. The number of H-pyrrole nitrogens is 1. The maximum atomic E-state index is 13.2. The molecule has 4 aromatic rings. The summed E-state index contributed by atoms with van der Waals surface area (Å²) in [4.78, 5) is 23.7. The first kappa shape index (κ1) is 26.0. The van der Waals surface area contributed by atoms with E-state index >= 15 is 0 Å². The van der Waals surface area contributed by atoms with E-state index in [1.54, 1.807) is 0 Å². The summed E-state index contributed by atoms with van der Waals surface area (Å²) in [6.45, 7) is 6.40. The molecule has 0 aliphatic carbocycles. The number of anilines is 1. The second-order valence-corrected chi connectivity index (χ2v) is 11.6. The largest absolute Gasteiger partial charge is 0.357 e. The average molecular weight is 528 g/mol. The van der Waals surface area contributed by atoms with Gasteiger partial charge in [0.15, 0.2) is 0 Å². The fourth-order valence-electron chi connectivity index (χ4n) is 6.48. The Morgan fingerprint density at radius 3 is 2.79 bits per heavy atom. The number of benzene rings is 1. The van der Waals surface area contributed by atoms with Crippen molar-refractivity contribution in [3.8, 4) is 0 Å². The van der Waals surface area contributed by atoms with Crippen LogP contribution in [0.2, 0.25) is 0 Å². The SMILES string of the molecule is Cc1nn(CCCCCC2CCNCC2)c2cc(C(=O)Nc3cc4[nH]c([C@H]5CCCN5C)cc4cn3)ccc12. The molecule has 0 spiro atoms. The molecule has 2 saturated heterocycles. The van der Waals surface area contributed by atoms with Gasteiger partial charge < -0.3 is 15.6 Å². The number of nitrogens with zero attached hydrogens (tertiary/aromatic N) is 4. The van der Waals surface area contributed by atoms with Gasteiger partial charge in [0.25, 0.3) is 5.91 Å². The maximum absolute atomic E-state index is 13.2. The monoisotopic (exact) mass is 527 g/mol. The molecule has 8 heteroatoms. The number of aromatic amines is 1. The lowest BCUT2D eigenvalue weighted by atomic mass is 9.92. The summed E-state index contributed by atoms with van der Waals surface area (Å²) in [6, 6.07) is 10.4. The summed E-state index contributed by atoms with van der Waals surface area (Å²) in [5.74, 6) is 1.29. The predicted octanol–water partition coefficient (Wildman–Crippen LogP) is 5.80. The fraction of sp³-hybridized carbons (Fsp3) is 0.516. The van der Waals surface area contributed by atoms with E-state index in [1.165, 1.54) is 57.3 Å². The first-order valence-electron chi connectivity index (χ1n) is 14.7. The van der Waals surface area contributed by atoms with Gasteiger partial charge >= 0.3 is 0 Å². The lowest BCUT2D eigenvalue weighted by Gasteiger charge is -2.22. The number of aryl methyl sites for hydroxylation is 2. The first-order valence-corrected chi connectivity index (χ1v) is 14.7. The molecule has 1 atom stereocenters. The van der Waals surface area contributed by atoms with Gasteiger partial charge in [0.1, 0.15) is 5.82 Å². The molecule has 2 aliphatic rings. The highest BCUT2D eigenvalue weighted by atomic mass is 16.1. The molecule has 6 rings (SSSR count). The minimum atomic E-state index is -0.154.